The standard InChI is InChI=1S/C18H24ClNO3/c1-18(2,3)23-17(22)20-10-5-4-9-15(20)12-16(21)13-7-6-8-14(19)11-13/h6-8,11,15H,4-5,9-10,12H2,1-3H3. The van der Waals surface area contributed by atoms with E-state index in [0.717, 1.165) is 19.3 Å². The van der Waals surface area contributed by atoms with Gasteiger partial charge in [0.1, 0.15) is 5.60 Å². The van der Waals surface area contributed by atoms with Gasteiger partial charge in [0.15, 0.2) is 5.78 Å². The molecule has 5 heteroatoms. The Bertz CT molecular complexity index is 580. The Kier molecular flexibility index (Phi) is 5.69. The van der Waals surface area contributed by atoms with Crippen molar-refractivity contribution in [2.24, 2.45) is 0 Å². The summed E-state index contributed by atoms with van der Waals surface area (Å²) in [6.07, 6.45) is 2.76. The van der Waals surface area contributed by atoms with Gasteiger partial charge < -0.3 is 9.64 Å². The molecule has 2 rings (SSSR count). The van der Waals surface area contributed by atoms with Gasteiger partial charge >= 0.3 is 6.09 Å². The average Bonchev–Trinajstić information content (AvgIpc) is 2.46. The van der Waals surface area contributed by atoms with Gasteiger partial charge in [-0.15, -0.1) is 0 Å². The van der Waals surface area contributed by atoms with Crippen LogP contribution in [0, 0.1) is 0 Å². The zero-order chi connectivity index (χ0) is 17.0. The topological polar surface area (TPSA) is 46.6 Å². The van der Waals surface area contributed by atoms with Crippen molar-refractivity contribution in [3.05, 3.63) is 34.9 Å². The fraction of sp³-hybridized carbons (Fsp3) is 0.556. The highest BCUT2D eigenvalue weighted by Gasteiger charge is 2.31. The Morgan fingerprint density at radius 1 is 1.30 bits per heavy atom. The maximum atomic E-state index is 12.5. The van der Waals surface area contributed by atoms with Gasteiger partial charge in [0.25, 0.3) is 0 Å². The molecule has 0 N–H and O–H groups in total. The van der Waals surface area contributed by atoms with Crippen LogP contribution in [0.25, 0.3) is 0 Å². The largest absolute Gasteiger partial charge is 0.444 e. The lowest BCUT2D eigenvalue weighted by molar-refractivity contribution is 0.00946. The number of carbonyl (C=O) groups is 2. The van der Waals surface area contributed by atoms with Crippen molar-refractivity contribution in [2.45, 2.75) is 58.1 Å². The number of ketones is 1. The van der Waals surface area contributed by atoms with E-state index in [9.17, 15) is 9.59 Å². The molecule has 1 amide bonds. The van der Waals surface area contributed by atoms with Crippen LogP contribution in [0.4, 0.5) is 4.79 Å². The highest BCUT2D eigenvalue weighted by Crippen LogP contribution is 2.24. The second-order valence-corrected chi connectivity index (χ2v) is 7.40. The smallest absolute Gasteiger partial charge is 0.410 e. The van der Waals surface area contributed by atoms with Crippen molar-refractivity contribution in [1.29, 1.82) is 0 Å². The van der Waals surface area contributed by atoms with E-state index in [1.54, 1.807) is 29.2 Å². The molecule has 1 atom stereocenters. The molecular formula is C18H24ClNO3. The predicted molar refractivity (Wildman–Crippen MR) is 91.0 cm³/mol. The monoisotopic (exact) mass is 337 g/mol. The molecule has 126 valence electrons. The van der Waals surface area contributed by atoms with Crippen LogP contribution in [-0.4, -0.2) is 35.0 Å². The number of likely N-dealkylation sites (tertiary alicyclic amines) is 1. The lowest BCUT2D eigenvalue weighted by Gasteiger charge is -2.36. The van der Waals surface area contributed by atoms with Gasteiger partial charge in [-0.2, -0.15) is 0 Å². The summed E-state index contributed by atoms with van der Waals surface area (Å²) in [5.74, 6) is 0.00737. The van der Waals surface area contributed by atoms with Crippen LogP contribution in [0.15, 0.2) is 24.3 Å². The minimum atomic E-state index is -0.532. The number of amides is 1. The van der Waals surface area contributed by atoms with Gasteiger partial charge in [-0.05, 0) is 52.2 Å². The van der Waals surface area contributed by atoms with Crippen molar-refractivity contribution in [2.75, 3.05) is 6.54 Å². The number of hydrogen-bond donors (Lipinski definition) is 0. The summed E-state index contributed by atoms with van der Waals surface area (Å²) in [5, 5.41) is 0.545. The summed E-state index contributed by atoms with van der Waals surface area (Å²) >= 11 is 5.95. The number of ether oxygens (including phenoxy) is 1. The van der Waals surface area contributed by atoms with E-state index in [-0.39, 0.29) is 17.9 Å². The molecule has 1 aromatic carbocycles. The molecule has 0 bridgehead atoms. The second-order valence-electron chi connectivity index (χ2n) is 6.96. The number of carbonyl (C=O) groups excluding carboxylic acids is 2. The molecule has 0 radical (unpaired) electrons. The van der Waals surface area contributed by atoms with Crippen LogP contribution >= 0.6 is 11.6 Å². The second kappa shape index (κ2) is 7.35. The van der Waals surface area contributed by atoms with E-state index in [4.69, 9.17) is 16.3 Å². The molecular weight excluding hydrogens is 314 g/mol. The Hall–Kier alpha value is -1.55. The van der Waals surface area contributed by atoms with Crippen molar-refractivity contribution < 1.29 is 14.3 Å². The highest BCUT2D eigenvalue weighted by atomic mass is 35.5. The fourth-order valence-electron chi connectivity index (χ4n) is 2.77. The molecule has 1 aromatic rings. The summed E-state index contributed by atoms with van der Waals surface area (Å²) in [6.45, 7) is 6.19. The summed E-state index contributed by atoms with van der Waals surface area (Å²) in [5.41, 5.74) is 0.0583. The Morgan fingerprint density at radius 3 is 2.70 bits per heavy atom. The van der Waals surface area contributed by atoms with Gasteiger partial charge in [0.2, 0.25) is 0 Å². The summed E-state index contributed by atoms with van der Waals surface area (Å²) in [4.78, 5) is 26.6. The van der Waals surface area contributed by atoms with E-state index in [2.05, 4.69) is 0 Å². The SMILES string of the molecule is CC(C)(C)OC(=O)N1CCCCC1CC(=O)c1cccc(Cl)c1. The summed E-state index contributed by atoms with van der Waals surface area (Å²) in [6, 6.07) is 6.83. The third-order valence-corrected chi connectivity index (χ3v) is 4.06. The molecule has 1 unspecified atom stereocenters. The van der Waals surface area contributed by atoms with Gasteiger partial charge in [0, 0.05) is 29.6 Å². The van der Waals surface area contributed by atoms with Gasteiger partial charge in [-0.25, -0.2) is 4.79 Å². The van der Waals surface area contributed by atoms with Crippen LogP contribution < -0.4 is 0 Å². The van der Waals surface area contributed by atoms with Crippen molar-refractivity contribution in [1.82, 2.24) is 4.90 Å². The van der Waals surface area contributed by atoms with Crippen molar-refractivity contribution in [3.63, 3.8) is 0 Å². The maximum absolute atomic E-state index is 12.5. The first kappa shape index (κ1) is 17.8. The molecule has 1 aliphatic rings. The quantitative estimate of drug-likeness (QED) is 0.751. The highest BCUT2D eigenvalue weighted by molar-refractivity contribution is 6.31. The number of benzene rings is 1. The van der Waals surface area contributed by atoms with Crippen LogP contribution in [0.2, 0.25) is 5.02 Å². The summed E-state index contributed by atoms with van der Waals surface area (Å²) < 4.78 is 5.47. The third kappa shape index (κ3) is 5.24. The van der Waals surface area contributed by atoms with Crippen LogP contribution in [0.3, 0.4) is 0 Å². The molecule has 1 heterocycles. The van der Waals surface area contributed by atoms with E-state index in [0.29, 0.717) is 23.6 Å². The van der Waals surface area contributed by atoms with Crippen LogP contribution in [-0.2, 0) is 4.74 Å². The number of piperidine rings is 1. The number of rotatable bonds is 3. The number of nitrogens with zero attached hydrogens (tertiary/aromatic N) is 1. The predicted octanol–water partition coefficient (Wildman–Crippen LogP) is 4.70. The zero-order valence-corrected chi connectivity index (χ0v) is 14.7. The minimum Gasteiger partial charge on any atom is -0.444 e. The molecule has 1 aliphatic heterocycles. The number of hydrogen-bond acceptors (Lipinski definition) is 3. The first-order chi connectivity index (χ1) is 10.8. The van der Waals surface area contributed by atoms with E-state index < -0.39 is 5.60 Å². The Morgan fingerprint density at radius 2 is 2.04 bits per heavy atom. The normalized spacial score (nSPS) is 18.6. The van der Waals surface area contributed by atoms with E-state index in [1.807, 2.05) is 20.8 Å². The molecule has 23 heavy (non-hydrogen) atoms. The number of halogens is 1. The molecule has 4 nitrogen and oxygen atoms in total. The lowest BCUT2D eigenvalue weighted by atomic mass is 9.95. The summed E-state index contributed by atoms with van der Waals surface area (Å²) in [7, 11) is 0. The molecule has 0 spiro atoms. The van der Waals surface area contributed by atoms with Crippen molar-refractivity contribution in [3.8, 4) is 0 Å². The average molecular weight is 338 g/mol. The molecule has 1 saturated heterocycles. The van der Waals surface area contributed by atoms with Crippen LogP contribution in [0.5, 0.6) is 0 Å². The van der Waals surface area contributed by atoms with Crippen molar-refractivity contribution >= 4 is 23.5 Å². The molecule has 0 aliphatic carbocycles. The lowest BCUT2D eigenvalue weighted by Crippen LogP contribution is -2.46. The minimum absolute atomic E-state index is 0.00737. The van der Waals surface area contributed by atoms with Gasteiger partial charge in [-0.1, -0.05) is 23.7 Å². The van der Waals surface area contributed by atoms with Gasteiger partial charge in [0.05, 0.1) is 0 Å². The first-order valence-electron chi connectivity index (χ1n) is 8.04. The Balaban J connectivity index is 2.06. The molecule has 1 fully saturated rings. The molecule has 0 aromatic heterocycles. The van der Waals surface area contributed by atoms with Gasteiger partial charge in [-0.3, -0.25) is 4.79 Å². The van der Waals surface area contributed by atoms with Crippen LogP contribution in [0.1, 0.15) is 56.8 Å². The third-order valence-electron chi connectivity index (χ3n) is 3.82. The first-order valence-corrected chi connectivity index (χ1v) is 8.42. The zero-order valence-electron chi connectivity index (χ0n) is 14.0. The fourth-order valence-corrected chi connectivity index (χ4v) is 2.96. The number of Topliss-reactive ketones (excluding diaryl/α,β-unsaturated/α-hetero) is 1. The van der Waals surface area contributed by atoms with E-state index in [1.165, 1.54) is 0 Å². The molecule has 0 saturated carbocycles. The Labute approximate surface area is 142 Å². The van der Waals surface area contributed by atoms with E-state index >= 15 is 0 Å². The maximum Gasteiger partial charge on any atom is 0.410 e.